The molecule has 0 spiro atoms. The minimum Gasteiger partial charge on any atom is -0.452 e. The molecular weight excluding hydrogens is 452 g/mol. The maximum atomic E-state index is 12.9. The molecule has 1 aromatic rings. The number of fused-ring (bicyclic) bond motifs is 2. The van der Waals surface area contributed by atoms with Crippen LogP contribution in [0.4, 0.5) is 0 Å². The summed E-state index contributed by atoms with van der Waals surface area (Å²) in [4.78, 5) is 24.9. The fraction of sp³-hybridized carbons (Fsp3) is 0.652. The summed E-state index contributed by atoms with van der Waals surface area (Å²) in [6.07, 6.45) is 7.59. The van der Waals surface area contributed by atoms with Crippen molar-refractivity contribution in [1.82, 2.24) is 9.62 Å². The maximum Gasteiger partial charge on any atom is 0.340 e. The second-order valence-electron chi connectivity index (χ2n) is 9.38. The zero-order chi connectivity index (χ0) is 22.9. The van der Waals surface area contributed by atoms with Crippen LogP contribution < -0.4 is 5.32 Å². The Bertz CT molecular complexity index is 977. The first-order valence-electron chi connectivity index (χ1n) is 11.5. The van der Waals surface area contributed by atoms with E-state index in [1.54, 1.807) is 0 Å². The highest BCUT2D eigenvalue weighted by atomic mass is 35.5. The molecule has 1 amide bonds. The topological polar surface area (TPSA) is 92.8 Å². The Labute approximate surface area is 194 Å². The average molecular weight is 483 g/mol. The van der Waals surface area contributed by atoms with Gasteiger partial charge in [-0.15, -0.1) is 0 Å². The number of esters is 1. The first-order chi connectivity index (χ1) is 15.3. The van der Waals surface area contributed by atoms with Crippen molar-refractivity contribution in [2.45, 2.75) is 62.8 Å². The van der Waals surface area contributed by atoms with Gasteiger partial charge in [0.2, 0.25) is 10.0 Å². The van der Waals surface area contributed by atoms with Gasteiger partial charge < -0.3 is 10.1 Å². The molecule has 0 unspecified atom stereocenters. The number of sulfonamides is 1. The third-order valence-corrected chi connectivity index (χ3v) is 9.49. The van der Waals surface area contributed by atoms with E-state index in [0.29, 0.717) is 24.9 Å². The quantitative estimate of drug-likeness (QED) is 0.599. The summed E-state index contributed by atoms with van der Waals surface area (Å²) in [6, 6.07) is 4.06. The average Bonchev–Trinajstić information content (AvgIpc) is 3.42. The van der Waals surface area contributed by atoms with Crippen molar-refractivity contribution in [2.24, 2.45) is 17.8 Å². The predicted molar refractivity (Wildman–Crippen MR) is 121 cm³/mol. The summed E-state index contributed by atoms with van der Waals surface area (Å²) in [7, 11) is -3.71. The number of amides is 1. The van der Waals surface area contributed by atoms with Crippen LogP contribution in [-0.2, 0) is 19.6 Å². The third-order valence-electron chi connectivity index (χ3n) is 7.27. The van der Waals surface area contributed by atoms with Gasteiger partial charge in [-0.3, -0.25) is 4.79 Å². The minimum absolute atomic E-state index is 0.00473. The number of carbonyl (C=O) groups excluding carboxylic acids is 2. The standard InChI is InChI=1S/C23H31ClN2O5S/c1-15(19-12-16-5-6-17(19)11-16)25-22(27)14-31-23(28)20-13-18(7-8-21(20)24)32(29,30)26-9-3-2-4-10-26/h7-8,13,15-17,19H,2-6,9-12,14H2,1H3,(H,25,27)/t15-,16-,17-,19-/m0/s1. The van der Waals surface area contributed by atoms with Crippen LogP contribution in [0.15, 0.2) is 23.1 Å². The lowest BCUT2D eigenvalue weighted by atomic mass is 9.84. The molecule has 1 heterocycles. The molecule has 1 aliphatic heterocycles. The van der Waals surface area contributed by atoms with Crippen molar-refractivity contribution in [2.75, 3.05) is 19.7 Å². The van der Waals surface area contributed by atoms with Gasteiger partial charge in [-0.1, -0.05) is 24.4 Å². The maximum absolute atomic E-state index is 12.9. The highest BCUT2D eigenvalue weighted by Crippen LogP contribution is 2.49. The lowest BCUT2D eigenvalue weighted by Crippen LogP contribution is -2.42. The number of rotatable bonds is 7. The normalized spacial score (nSPS) is 26.6. The van der Waals surface area contributed by atoms with Crippen LogP contribution in [0.5, 0.6) is 0 Å². The molecule has 9 heteroatoms. The molecule has 1 aromatic carbocycles. The molecule has 0 radical (unpaired) electrons. The molecule has 1 saturated heterocycles. The van der Waals surface area contributed by atoms with E-state index >= 15 is 0 Å². The first kappa shape index (κ1) is 23.5. The Morgan fingerprint density at radius 2 is 1.94 bits per heavy atom. The molecule has 176 valence electrons. The van der Waals surface area contributed by atoms with Crippen molar-refractivity contribution >= 4 is 33.5 Å². The number of hydrogen-bond acceptors (Lipinski definition) is 5. The zero-order valence-electron chi connectivity index (χ0n) is 18.4. The number of halogens is 1. The minimum atomic E-state index is -3.71. The van der Waals surface area contributed by atoms with Gasteiger partial charge in [0.1, 0.15) is 0 Å². The monoisotopic (exact) mass is 482 g/mol. The number of nitrogens with one attached hydrogen (secondary N) is 1. The van der Waals surface area contributed by atoms with Crippen molar-refractivity contribution < 1.29 is 22.7 Å². The summed E-state index contributed by atoms with van der Waals surface area (Å²) in [5, 5.41) is 3.04. The Balaban J connectivity index is 1.35. The highest BCUT2D eigenvalue weighted by Gasteiger charge is 2.42. The SMILES string of the molecule is C[C@H](NC(=O)COC(=O)c1cc(S(=O)(=O)N2CCCCC2)ccc1Cl)[C@@H]1C[C@H]2CC[C@H]1C2. The Kier molecular flexibility index (Phi) is 7.12. The molecule has 1 N–H and O–H groups in total. The van der Waals surface area contributed by atoms with Crippen molar-refractivity contribution in [3.8, 4) is 0 Å². The number of ether oxygens (including phenoxy) is 1. The molecule has 2 saturated carbocycles. The van der Waals surface area contributed by atoms with E-state index in [-0.39, 0.29) is 27.4 Å². The molecule has 7 nitrogen and oxygen atoms in total. The fourth-order valence-electron chi connectivity index (χ4n) is 5.59. The summed E-state index contributed by atoms with van der Waals surface area (Å²) < 4.78 is 32.4. The highest BCUT2D eigenvalue weighted by molar-refractivity contribution is 7.89. The van der Waals surface area contributed by atoms with E-state index in [2.05, 4.69) is 5.32 Å². The van der Waals surface area contributed by atoms with Crippen LogP contribution in [0.25, 0.3) is 0 Å². The van der Waals surface area contributed by atoms with Gasteiger partial charge in [0, 0.05) is 19.1 Å². The van der Waals surface area contributed by atoms with E-state index in [4.69, 9.17) is 16.3 Å². The lowest BCUT2D eigenvalue weighted by molar-refractivity contribution is -0.125. The summed E-state index contributed by atoms with van der Waals surface area (Å²) in [6.45, 7) is 2.51. The van der Waals surface area contributed by atoms with E-state index in [1.807, 2.05) is 6.92 Å². The Morgan fingerprint density at radius 3 is 2.59 bits per heavy atom. The molecule has 2 bridgehead atoms. The smallest absolute Gasteiger partial charge is 0.340 e. The van der Waals surface area contributed by atoms with Gasteiger partial charge in [-0.05, 0) is 75.0 Å². The zero-order valence-corrected chi connectivity index (χ0v) is 20.0. The molecule has 4 rings (SSSR count). The summed E-state index contributed by atoms with van der Waals surface area (Å²) >= 11 is 6.14. The number of piperidine rings is 1. The predicted octanol–water partition coefficient (Wildman–Crippen LogP) is 3.61. The largest absolute Gasteiger partial charge is 0.452 e. The van der Waals surface area contributed by atoms with E-state index in [0.717, 1.165) is 31.6 Å². The molecule has 32 heavy (non-hydrogen) atoms. The molecular formula is C23H31ClN2O5S. The molecule has 2 aliphatic carbocycles. The van der Waals surface area contributed by atoms with Gasteiger partial charge in [0.05, 0.1) is 15.5 Å². The summed E-state index contributed by atoms with van der Waals surface area (Å²) in [5.41, 5.74) is -0.0568. The van der Waals surface area contributed by atoms with Crippen molar-refractivity contribution in [3.63, 3.8) is 0 Å². The van der Waals surface area contributed by atoms with Crippen LogP contribution in [0, 0.1) is 17.8 Å². The van der Waals surface area contributed by atoms with E-state index in [1.165, 1.54) is 41.8 Å². The first-order valence-corrected chi connectivity index (χ1v) is 13.3. The number of benzene rings is 1. The van der Waals surface area contributed by atoms with Gasteiger partial charge in [-0.25, -0.2) is 13.2 Å². The van der Waals surface area contributed by atoms with Crippen molar-refractivity contribution in [3.05, 3.63) is 28.8 Å². The van der Waals surface area contributed by atoms with Crippen LogP contribution in [0.2, 0.25) is 5.02 Å². The van der Waals surface area contributed by atoms with Crippen LogP contribution >= 0.6 is 11.6 Å². The molecule has 0 aromatic heterocycles. The fourth-order valence-corrected chi connectivity index (χ4v) is 7.33. The van der Waals surface area contributed by atoms with E-state index < -0.39 is 22.6 Å². The number of nitrogens with zero attached hydrogens (tertiary/aromatic N) is 1. The van der Waals surface area contributed by atoms with Gasteiger partial charge in [-0.2, -0.15) is 4.31 Å². The molecule has 3 fully saturated rings. The summed E-state index contributed by atoms with van der Waals surface area (Å²) in [5.74, 6) is 0.786. The Morgan fingerprint density at radius 1 is 1.19 bits per heavy atom. The third kappa shape index (κ3) is 4.97. The number of hydrogen-bond donors (Lipinski definition) is 1. The molecule has 3 aliphatic rings. The Hall–Kier alpha value is -1.64. The number of carbonyl (C=O) groups is 2. The van der Waals surface area contributed by atoms with Crippen LogP contribution in [0.3, 0.4) is 0 Å². The lowest BCUT2D eigenvalue weighted by Gasteiger charge is -2.28. The second-order valence-corrected chi connectivity index (χ2v) is 11.7. The van der Waals surface area contributed by atoms with Gasteiger partial charge >= 0.3 is 5.97 Å². The van der Waals surface area contributed by atoms with Crippen molar-refractivity contribution in [1.29, 1.82) is 0 Å². The van der Waals surface area contributed by atoms with Gasteiger partial charge in [0.25, 0.3) is 5.91 Å². The van der Waals surface area contributed by atoms with Crippen LogP contribution in [0.1, 0.15) is 62.2 Å². The van der Waals surface area contributed by atoms with Crippen LogP contribution in [-0.4, -0.2) is 50.3 Å². The molecule has 4 atom stereocenters. The van der Waals surface area contributed by atoms with E-state index in [9.17, 15) is 18.0 Å². The second kappa shape index (κ2) is 9.69. The van der Waals surface area contributed by atoms with Gasteiger partial charge in [0.15, 0.2) is 6.61 Å².